The molecule has 0 bridgehead atoms. The molecule has 21 heavy (non-hydrogen) atoms. The van der Waals surface area contributed by atoms with E-state index in [1.165, 1.54) is 6.42 Å². The lowest BCUT2D eigenvalue weighted by Crippen LogP contribution is -2.34. The molecule has 1 aliphatic rings. The van der Waals surface area contributed by atoms with Gasteiger partial charge in [0.05, 0.1) is 0 Å². The second-order valence-corrected chi connectivity index (χ2v) is 11.1. The largest absolute Gasteiger partial charge is 0.152 e. The molecule has 0 aromatic carbocycles. The van der Waals surface area contributed by atoms with Crippen LogP contribution < -0.4 is 0 Å². The molecule has 0 aliphatic carbocycles. The first-order valence-corrected chi connectivity index (χ1v) is 10.5. The van der Waals surface area contributed by atoms with Crippen LogP contribution in [0.3, 0.4) is 0 Å². The van der Waals surface area contributed by atoms with Gasteiger partial charge < -0.3 is 0 Å². The van der Waals surface area contributed by atoms with Gasteiger partial charge in [0.2, 0.25) is 0 Å². The molecule has 0 nitrogen and oxygen atoms in total. The molecule has 0 radical (unpaired) electrons. The van der Waals surface area contributed by atoms with Gasteiger partial charge in [-0.05, 0) is 47.1 Å². The van der Waals surface area contributed by atoms with Gasteiger partial charge in [-0.3, -0.25) is 0 Å². The lowest BCUT2D eigenvalue weighted by molar-refractivity contribution is 0.214. The Morgan fingerprint density at radius 1 is 0.905 bits per heavy atom. The van der Waals surface area contributed by atoms with Gasteiger partial charge in [-0.15, -0.1) is 9.24 Å². The molecule has 0 spiro atoms. The van der Waals surface area contributed by atoms with Gasteiger partial charge in [0, 0.05) is 10.5 Å². The first-order chi connectivity index (χ1) is 9.54. The third-order valence-corrected chi connectivity index (χ3v) is 9.59. The van der Waals surface area contributed by atoms with Crippen molar-refractivity contribution in [3.8, 4) is 0 Å². The van der Waals surface area contributed by atoms with Crippen LogP contribution in [-0.4, -0.2) is 15.7 Å². The minimum atomic E-state index is 0.396. The van der Waals surface area contributed by atoms with E-state index in [-0.39, 0.29) is 0 Å². The molecule has 0 aromatic heterocycles. The SMILES string of the molecule is CCC(C)(P)C(C)C(C)C1SC1C(C)C(C)C(C)C(C)C. The quantitative estimate of drug-likeness (QED) is 0.369. The topological polar surface area (TPSA) is 0 Å². The zero-order valence-corrected chi connectivity index (χ0v) is 17.8. The van der Waals surface area contributed by atoms with Crippen molar-refractivity contribution in [2.45, 2.75) is 84.4 Å². The Bertz CT molecular complexity index is 326. The molecule has 0 N–H and O–H groups in total. The molecule has 1 aliphatic heterocycles. The van der Waals surface area contributed by atoms with Gasteiger partial charge in [0.25, 0.3) is 0 Å². The fourth-order valence-corrected chi connectivity index (χ4v) is 5.63. The van der Waals surface area contributed by atoms with Crippen LogP contribution in [0.1, 0.15) is 68.7 Å². The maximum Gasteiger partial charge on any atom is 0.0201 e. The average molecular weight is 331 g/mol. The van der Waals surface area contributed by atoms with E-state index in [0.717, 1.165) is 46.0 Å². The Kier molecular flexibility index (Phi) is 7.14. The molecule has 0 saturated carbocycles. The number of hydrogen-bond donors (Lipinski definition) is 0. The summed E-state index contributed by atoms with van der Waals surface area (Å²) in [6.07, 6.45) is 1.25. The molecule has 9 atom stereocenters. The van der Waals surface area contributed by atoms with Crippen molar-refractivity contribution < 1.29 is 0 Å². The Balaban J connectivity index is 2.60. The van der Waals surface area contributed by atoms with E-state index in [0.29, 0.717) is 5.16 Å². The summed E-state index contributed by atoms with van der Waals surface area (Å²) in [5.74, 6) is 4.92. The Hall–Kier alpha value is 0.780. The van der Waals surface area contributed by atoms with Crippen molar-refractivity contribution in [3.63, 3.8) is 0 Å². The second-order valence-electron chi connectivity index (χ2n) is 8.39. The Morgan fingerprint density at radius 2 is 1.38 bits per heavy atom. The fourth-order valence-electron chi connectivity index (χ4n) is 3.57. The first-order valence-electron chi connectivity index (χ1n) is 8.98. The van der Waals surface area contributed by atoms with Crippen LogP contribution in [0.5, 0.6) is 0 Å². The molecule has 1 heterocycles. The van der Waals surface area contributed by atoms with Crippen molar-refractivity contribution in [2.75, 3.05) is 0 Å². The molecular formula is C19H39PS. The van der Waals surface area contributed by atoms with Gasteiger partial charge in [0.1, 0.15) is 0 Å². The molecular weight excluding hydrogens is 291 g/mol. The van der Waals surface area contributed by atoms with Gasteiger partial charge in [0.15, 0.2) is 0 Å². The fraction of sp³-hybridized carbons (Fsp3) is 1.00. The predicted octanol–water partition coefficient (Wildman–Crippen LogP) is 6.35. The van der Waals surface area contributed by atoms with Crippen molar-refractivity contribution in [3.05, 3.63) is 0 Å². The van der Waals surface area contributed by atoms with Gasteiger partial charge in [-0.1, -0.05) is 62.3 Å². The smallest absolute Gasteiger partial charge is 0.0201 e. The molecule has 126 valence electrons. The summed E-state index contributed by atoms with van der Waals surface area (Å²) < 4.78 is 0. The molecule has 1 saturated heterocycles. The molecule has 0 aromatic rings. The molecule has 9 unspecified atom stereocenters. The van der Waals surface area contributed by atoms with Crippen LogP contribution in [0.15, 0.2) is 0 Å². The standard InChI is InChI=1S/C19H39PS/c1-10-19(9,20)16(8)15(7)18-17(21-18)14(6)13(5)12(4)11(2)3/h11-18H,10,20H2,1-9H3. The maximum absolute atomic E-state index is 3.12. The van der Waals surface area contributed by atoms with E-state index in [9.17, 15) is 0 Å². The first kappa shape index (κ1) is 19.8. The summed E-state index contributed by atoms with van der Waals surface area (Å²) >= 11 is 2.26. The number of thioether (sulfide) groups is 1. The summed E-state index contributed by atoms with van der Waals surface area (Å²) in [6, 6.07) is 0. The summed E-state index contributed by atoms with van der Waals surface area (Å²) in [5.41, 5.74) is 0. The highest BCUT2D eigenvalue weighted by Crippen LogP contribution is 2.56. The predicted molar refractivity (Wildman–Crippen MR) is 104 cm³/mol. The van der Waals surface area contributed by atoms with E-state index < -0.39 is 0 Å². The van der Waals surface area contributed by atoms with Crippen LogP contribution in [0.4, 0.5) is 0 Å². The van der Waals surface area contributed by atoms with Crippen LogP contribution in [0.2, 0.25) is 0 Å². The highest BCUT2D eigenvalue weighted by Gasteiger charge is 2.50. The van der Waals surface area contributed by atoms with E-state index in [1.54, 1.807) is 0 Å². The molecule has 2 heteroatoms. The highest BCUT2D eigenvalue weighted by atomic mass is 32.2. The summed E-state index contributed by atoms with van der Waals surface area (Å²) in [6.45, 7) is 21.8. The van der Waals surface area contributed by atoms with Gasteiger partial charge in [-0.25, -0.2) is 0 Å². The van der Waals surface area contributed by atoms with Crippen molar-refractivity contribution in [1.29, 1.82) is 0 Å². The Labute approximate surface area is 141 Å². The van der Waals surface area contributed by atoms with Crippen molar-refractivity contribution in [2.24, 2.45) is 35.5 Å². The minimum absolute atomic E-state index is 0.396. The lowest BCUT2D eigenvalue weighted by Gasteiger charge is -2.35. The molecule has 1 fully saturated rings. The van der Waals surface area contributed by atoms with E-state index in [4.69, 9.17) is 0 Å². The third-order valence-electron chi connectivity index (χ3n) is 6.90. The normalized spacial score (nSPS) is 32.1. The summed E-state index contributed by atoms with van der Waals surface area (Å²) in [4.78, 5) is 0. The van der Waals surface area contributed by atoms with Crippen molar-refractivity contribution >= 4 is 21.0 Å². The second kappa shape index (κ2) is 7.57. The minimum Gasteiger partial charge on any atom is -0.152 e. The Morgan fingerprint density at radius 3 is 1.81 bits per heavy atom. The average Bonchev–Trinajstić information content (AvgIpc) is 3.23. The number of rotatable bonds is 8. The zero-order chi connectivity index (χ0) is 16.5. The molecule has 1 rings (SSSR count). The van der Waals surface area contributed by atoms with Gasteiger partial charge in [-0.2, -0.15) is 11.8 Å². The number of hydrogen-bond acceptors (Lipinski definition) is 1. The summed E-state index contributed by atoms with van der Waals surface area (Å²) in [7, 11) is 3.12. The maximum atomic E-state index is 3.12. The summed E-state index contributed by atoms with van der Waals surface area (Å²) in [5, 5.41) is 2.19. The van der Waals surface area contributed by atoms with Gasteiger partial charge >= 0.3 is 0 Å². The van der Waals surface area contributed by atoms with E-state index >= 15 is 0 Å². The lowest BCUT2D eigenvalue weighted by atomic mass is 9.74. The molecule has 0 amide bonds. The van der Waals surface area contributed by atoms with E-state index in [2.05, 4.69) is 83.3 Å². The third kappa shape index (κ3) is 4.63. The monoisotopic (exact) mass is 330 g/mol. The van der Waals surface area contributed by atoms with Crippen LogP contribution >= 0.6 is 21.0 Å². The zero-order valence-electron chi connectivity index (χ0n) is 15.8. The van der Waals surface area contributed by atoms with Crippen LogP contribution in [-0.2, 0) is 0 Å². The van der Waals surface area contributed by atoms with E-state index in [1.807, 2.05) is 0 Å². The highest BCUT2D eigenvalue weighted by molar-refractivity contribution is 8.07. The van der Waals surface area contributed by atoms with Crippen LogP contribution in [0, 0.1) is 35.5 Å². The van der Waals surface area contributed by atoms with Crippen molar-refractivity contribution in [1.82, 2.24) is 0 Å². The van der Waals surface area contributed by atoms with Crippen LogP contribution in [0.25, 0.3) is 0 Å².